The lowest BCUT2D eigenvalue weighted by atomic mass is 10.2. The van der Waals surface area contributed by atoms with Crippen molar-refractivity contribution in [2.45, 2.75) is 11.7 Å². The van der Waals surface area contributed by atoms with Crippen LogP contribution in [0.3, 0.4) is 0 Å². The van der Waals surface area contributed by atoms with Crippen LogP contribution in [0.1, 0.15) is 5.56 Å². The van der Waals surface area contributed by atoms with Gasteiger partial charge in [-0.1, -0.05) is 42.1 Å². The van der Waals surface area contributed by atoms with E-state index in [0.717, 1.165) is 11.7 Å². The SMILES string of the molecule is O=C1CN(C(=O)CSc2nccn2Cc2ccccc2)CCN1. The van der Waals surface area contributed by atoms with Crippen LogP contribution >= 0.6 is 11.8 Å². The molecule has 0 spiro atoms. The fourth-order valence-electron chi connectivity index (χ4n) is 2.41. The number of nitrogens with zero attached hydrogens (tertiary/aromatic N) is 3. The van der Waals surface area contributed by atoms with Gasteiger partial charge in [-0.15, -0.1) is 0 Å². The van der Waals surface area contributed by atoms with E-state index in [1.54, 1.807) is 11.1 Å². The molecule has 1 aliphatic heterocycles. The van der Waals surface area contributed by atoms with Gasteiger partial charge < -0.3 is 14.8 Å². The number of hydrogen-bond donors (Lipinski definition) is 1. The molecule has 120 valence electrons. The molecular formula is C16H18N4O2S. The monoisotopic (exact) mass is 330 g/mol. The van der Waals surface area contributed by atoms with Gasteiger partial charge in [0.2, 0.25) is 11.8 Å². The second-order valence-corrected chi connectivity index (χ2v) is 6.22. The van der Waals surface area contributed by atoms with Crippen molar-refractivity contribution in [2.24, 2.45) is 0 Å². The lowest BCUT2D eigenvalue weighted by molar-refractivity contribution is -0.136. The Morgan fingerprint density at radius 3 is 2.91 bits per heavy atom. The van der Waals surface area contributed by atoms with Crippen molar-refractivity contribution < 1.29 is 9.59 Å². The molecule has 1 N–H and O–H groups in total. The molecule has 0 radical (unpaired) electrons. The maximum Gasteiger partial charge on any atom is 0.239 e. The van der Waals surface area contributed by atoms with E-state index < -0.39 is 0 Å². The molecule has 1 aliphatic rings. The lowest BCUT2D eigenvalue weighted by Gasteiger charge is -2.26. The summed E-state index contributed by atoms with van der Waals surface area (Å²) < 4.78 is 2.02. The molecule has 1 aromatic heterocycles. The van der Waals surface area contributed by atoms with Crippen molar-refractivity contribution in [2.75, 3.05) is 25.4 Å². The summed E-state index contributed by atoms with van der Waals surface area (Å²) in [6.45, 7) is 1.97. The van der Waals surface area contributed by atoms with Crippen LogP contribution in [0.25, 0.3) is 0 Å². The van der Waals surface area contributed by atoms with Crippen molar-refractivity contribution in [3.8, 4) is 0 Å². The molecule has 0 atom stereocenters. The van der Waals surface area contributed by atoms with E-state index in [1.807, 2.05) is 29.0 Å². The second kappa shape index (κ2) is 7.32. The zero-order chi connectivity index (χ0) is 16.1. The van der Waals surface area contributed by atoms with E-state index in [2.05, 4.69) is 22.4 Å². The minimum Gasteiger partial charge on any atom is -0.353 e. The topological polar surface area (TPSA) is 67.2 Å². The number of amides is 2. The molecule has 7 heteroatoms. The van der Waals surface area contributed by atoms with Crippen LogP contribution in [-0.2, 0) is 16.1 Å². The van der Waals surface area contributed by atoms with Crippen LogP contribution in [0.2, 0.25) is 0 Å². The first-order valence-electron chi connectivity index (χ1n) is 7.45. The minimum absolute atomic E-state index is 0.0286. The number of benzene rings is 1. The summed E-state index contributed by atoms with van der Waals surface area (Å²) in [6.07, 6.45) is 3.65. The highest BCUT2D eigenvalue weighted by Crippen LogP contribution is 2.18. The van der Waals surface area contributed by atoms with Crippen LogP contribution in [0.15, 0.2) is 47.9 Å². The fourth-order valence-corrected chi connectivity index (χ4v) is 3.27. The number of nitrogens with one attached hydrogen (secondary N) is 1. The molecule has 2 amide bonds. The van der Waals surface area contributed by atoms with Crippen molar-refractivity contribution in [3.63, 3.8) is 0 Å². The van der Waals surface area contributed by atoms with Gasteiger partial charge in [-0.25, -0.2) is 4.98 Å². The number of thioether (sulfide) groups is 1. The van der Waals surface area contributed by atoms with E-state index in [-0.39, 0.29) is 18.4 Å². The summed E-state index contributed by atoms with van der Waals surface area (Å²) in [6, 6.07) is 10.1. The largest absolute Gasteiger partial charge is 0.353 e. The maximum atomic E-state index is 12.2. The van der Waals surface area contributed by atoms with Gasteiger partial charge in [0.05, 0.1) is 12.3 Å². The molecule has 23 heavy (non-hydrogen) atoms. The van der Waals surface area contributed by atoms with E-state index in [9.17, 15) is 9.59 Å². The van der Waals surface area contributed by atoms with Gasteiger partial charge in [0, 0.05) is 32.0 Å². The fraction of sp³-hybridized carbons (Fsp3) is 0.312. The predicted molar refractivity (Wildman–Crippen MR) is 88.1 cm³/mol. The number of imidazole rings is 1. The molecule has 0 unspecified atom stereocenters. The highest BCUT2D eigenvalue weighted by molar-refractivity contribution is 7.99. The molecule has 0 aliphatic carbocycles. The molecule has 2 heterocycles. The Hall–Kier alpha value is -2.28. The van der Waals surface area contributed by atoms with Crippen molar-refractivity contribution in [1.29, 1.82) is 0 Å². The number of carbonyl (C=O) groups is 2. The summed E-state index contributed by atoms with van der Waals surface area (Å²) in [5, 5.41) is 3.53. The normalized spacial score (nSPS) is 14.6. The Labute approximate surface area is 138 Å². The van der Waals surface area contributed by atoms with Gasteiger partial charge in [-0.2, -0.15) is 0 Å². The molecule has 1 saturated heterocycles. The van der Waals surface area contributed by atoms with Gasteiger partial charge in [-0.05, 0) is 5.56 Å². The van der Waals surface area contributed by atoms with Crippen molar-refractivity contribution in [3.05, 3.63) is 48.3 Å². The van der Waals surface area contributed by atoms with Gasteiger partial charge in [0.25, 0.3) is 0 Å². The first-order valence-corrected chi connectivity index (χ1v) is 8.43. The maximum absolute atomic E-state index is 12.2. The molecule has 1 aromatic carbocycles. The number of aromatic nitrogens is 2. The van der Waals surface area contributed by atoms with Crippen molar-refractivity contribution in [1.82, 2.24) is 19.8 Å². The summed E-state index contributed by atoms with van der Waals surface area (Å²) in [4.78, 5) is 29.5. The Balaban J connectivity index is 1.57. The standard InChI is InChI=1S/C16H18N4O2S/c21-14-11-19(8-6-17-14)15(22)12-23-16-18-7-9-20(16)10-13-4-2-1-3-5-13/h1-5,7,9H,6,8,10-12H2,(H,17,21). The van der Waals surface area contributed by atoms with Crippen LogP contribution in [0.5, 0.6) is 0 Å². The van der Waals surface area contributed by atoms with Crippen LogP contribution in [0, 0.1) is 0 Å². The van der Waals surface area contributed by atoms with Gasteiger partial charge in [0.15, 0.2) is 5.16 Å². The Bertz CT molecular complexity index is 686. The third kappa shape index (κ3) is 4.13. The molecular weight excluding hydrogens is 312 g/mol. The van der Waals surface area contributed by atoms with Gasteiger partial charge in [-0.3, -0.25) is 9.59 Å². The first-order chi connectivity index (χ1) is 11.2. The molecule has 6 nitrogen and oxygen atoms in total. The van der Waals surface area contributed by atoms with E-state index in [0.29, 0.717) is 18.8 Å². The minimum atomic E-state index is -0.0971. The van der Waals surface area contributed by atoms with Gasteiger partial charge in [0.1, 0.15) is 0 Å². The van der Waals surface area contributed by atoms with Crippen LogP contribution in [-0.4, -0.2) is 51.7 Å². The Morgan fingerprint density at radius 2 is 2.13 bits per heavy atom. The zero-order valence-electron chi connectivity index (χ0n) is 12.6. The third-order valence-corrected chi connectivity index (χ3v) is 4.58. The highest BCUT2D eigenvalue weighted by atomic mass is 32.2. The molecule has 0 bridgehead atoms. The lowest BCUT2D eigenvalue weighted by Crippen LogP contribution is -2.50. The molecule has 0 saturated carbocycles. The highest BCUT2D eigenvalue weighted by Gasteiger charge is 2.21. The Kier molecular flexibility index (Phi) is 4.97. The average molecular weight is 330 g/mol. The summed E-state index contributed by atoms with van der Waals surface area (Å²) >= 11 is 1.40. The zero-order valence-corrected chi connectivity index (χ0v) is 13.5. The number of rotatable bonds is 5. The molecule has 3 rings (SSSR count). The van der Waals surface area contributed by atoms with E-state index in [4.69, 9.17) is 0 Å². The summed E-state index contributed by atoms with van der Waals surface area (Å²) in [5.41, 5.74) is 1.19. The van der Waals surface area contributed by atoms with E-state index in [1.165, 1.54) is 17.3 Å². The smallest absolute Gasteiger partial charge is 0.239 e. The molecule has 1 fully saturated rings. The predicted octanol–water partition coefficient (Wildman–Crippen LogP) is 0.982. The van der Waals surface area contributed by atoms with Crippen LogP contribution in [0.4, 0.5) is 0 Å². The summed E-state index contributed by atoms with van der Waals surface area (Å²) in [5.74, 6) is 0.165. The number of piperazine rings is 1. The average Bonchev–Trinajstić information content (AvgIpc) is 3.00. The number of carbonyl (C=O) groups excluding carboxylic acids is 2. The first kappa shape index (κ1) is 15.6. The van der Waals surface area contributed by atoms with Gasteiger partial charge >= 0.3 is 0 Å². The quantitative estimate of drug-likeness (QED) is 0.830. The van der Waals surface area contributed by atoms with Crippen molar-refractivity contribution >= 4 is 23.6 Å². The third-order valence-electron chi connectivity index (χ3n) is 3.59. The number of hydrogen-bond acceptors (Lipinski definition) is 4. The summed E-state index contributed by atoms with van der Waals surface area (Å²) in [7, 11) is 0. The second-order valence-electron chi connectivity index (χ2n) is 5.28. The Morgan fingerprint density at radius 1 is 1.30 bits per heavy atom. The molecule has 2 aromatic rings. The van der Waals surface area contributed by atoms with E-state index >= 15 is 0 Å². The van der Waals surface area contributed by atoms with Crippen LogP contribution < -0.4 is 5.32 Å².